The van der Waals surface area contributed by atoms with Gasteiger partial charge in [-0.05, 0) is 55.3 Å². The second-order valence-corrected chi connectivity index (χ2v) is 8.67. The minimum Gasteiger partial charge on any atom is -0.351 e. The summed E-state index contributed by atoms with van der Waals surface area (Å²) in [6, 6.07) is 11.0. The van der Waals surface area contributed by atoms with E-state index in [-0.39, 0.29) is 30.0 Å². The Morgan fingerprint density at radius 2 is 1.81 bits per heavy atom. The van der Waals surface area contributed by atoms with Crippen molar-refractivity contribution in [2.24, 2.45) is 0 Å². The molecular formula is C22H24Cl3FN4O2. The van der Waals surface area contributed by atoms with Crippen molar-refractivity contribution in [1.82, 2.24) is 15.5 Å². The van der Waals surface area contributed by atoms with Gasteiger partial charge in [0.05, 0.1) is 17.3 Å². The van der Waals surface area contributed by atoms with Crippen molar-refractivity contribution >= 4 is 53.1 Å². The molecule has 10 heteroatoms. The highest BCUT2D eigenvalue weighted by Gasteiger charge is 2.50. The second kappa shape index (κ2) is 10.3. The van der Waals surface area contributed by atoms with Gasteiger partial charge in [-0.2, -0.15) is 0 Å². The van der Waals surface area contributed by atoms with E-state index in [2.05, 4.69) is 15.5 Å². The minimum absolute atomic E-state index is 0. The molecule has 0 atom stereocenters. The topological polar surface area (TPSA) is 64.7 Å². The average molecular weight is 502 g/mol. The third kappa shape index (κ3) is 4.96. The van der Waals surface area contributed by atoms with Gasteiger partial charge in [0.2, 0.25) is 5.91 Å². The summed E-state index contributed by atoms with van der Waals surface area (Å²) >= 11 is 12.0. The van der Waals surface area contributed by atoms with Crippen LogP contribution >= 0.6 is 35.6 Å². The Hall–Kier alpha value is -2.06. The van der Waals surface area contributed by atoms with Gasteiger partial charge in [-0.3, -0.25) is 9.59 Å². The molecule has 2 aliphatic rings. The summed E-state index contributed by atoms with van der Waals surface area (Å²) in [5.41, 5.74) is 0.564. The number of benzene rings is 2. The molecule has 0 radical (unpaired) electrons. The number of nitrogens with one attached hydrogen (secondary N) is 2. The van der Waals surface area contributed by atoms with E-state index in [4.69, 9.17) is 23.2 Å². The van der Waals surface area contributed by atoms with Crippen molar-refractivity contribution in [3.63, 3.8) is 0 Å². The maximum absolute atomic E-state index is 13.3. The fraction of sp³-hybridized carbons (Fsp3) is 0.364. The maximum atomic E-state index is 13.3. The molecule has 2 saturated heterocycles. The standard InChI is InChI=1S/C22H23Cl2FN4O2.ClH/c23-15-1-6-19(24)18(13-15)20(30)26-9-12-28-10-7-22(8-11-28)21(31)27-14-29(22)17-4-2-16(25)3-5-17;/h1-6,13H,7-12,14H2,(H,26,30)(H,27,31);1H. The van der Waals surface area contributed by atoms with Crippen LogP contribution in [-0.4, -0.2) is 55.1 Å². The number of carbonyl (C=O) groups is 2. The lowest BCUT2D eigenvalue weighted by Crippen LogP contribution is -2.57. The van der Waals surface area contributed by atoms with Crippen LogP contribution in [0.5, 0.6) is 0 Å². The molecule has 0 aromatic heterocycles. The van der Waals surface area contributed by atoms with Crippen LogP contribution in [0.4, 0.5) is 10.1 Å². The van der Waals surface area contributed by atoms with Gasteiger partial charge in [-0.15, -0.1) is 12.4 Å². The predicted octanol–water partition coefficient (Wildman–Crippen LogP) is 3.71. The number of hydrogen-bond donors (Lipinski definition) is 2. The van der Waals surface area contributed by atoms with Crippen molar-refractivity contribution in [3.8, 4) is 0 Å². The zero-order valence-electron chi connectivity index (χ0n) is 17.2. The van der Waals surface area contributed by atoms with Gasteiger partial charge in [0.25, 0.3) is 5.91 Å². The number of carbonyl (C=O) groups excluding carboxylic acids is 2. The highest BCUT2D eigenvalue weighted by atomic mass is 35.5. The van der Waals surface area contributed by atoms with Crippen LogP contribution < -0.4 is 15.5 Å². The van der Waals surface area contributed by atoms with Gasteiger partial charge in [0.15, 0.2) is 0 Å². The van der Waals surface area contributed by atoms with Gasteiger partial charge < -0.3 is 20.4 Å². The summed E-state index contributed by atoms with van der Waals surface area (Å²) < 4.78 is 13.3. The lowest BCUT2D eigenvalue weighted by molar-refractivity contribution is -0.125. The molecule has 1 spiro atoms. The number of piperidine rings is 1. The van der Waals surface area contributed by atoms with Crippen molar-refractivity contribution in [1.29, 1.82) is 0 Å². The van der Waals surface area contributed by atoms with Gasteiger partial charge in [0.1, 0.15) is 11.4 Å². The van der Waals surface area contributed by atoms with Gasteiger partial charge in [-0.25, -0.2) is 4.39 Å². The third-order valence-corrected chi connectivity index (χ3v) is 6.61. The van der Waals surface area contributed by atoms with Crippen LogP contribution in [0.2, 0.25) is 10.0 Å². The van der Waals surface area contributed by atoms with Crippen LogP contribution in [0.1, 0.15) is 23.2 Å². The normalized spacial score (nSPS) is 17.7. The van der Waals surface area contributed by atoms with E-state index in [1.165, 1.54) is 12.1 Å². The quantitative estimate of drug-likeness (QED) is 0.656. The molecule has 172 valence electrons. The highest BCUT2D eigenvalue weighted by Crippen LogP contribution is 2.36. The molecule has 2 N–H and O–H groups in total. The van der Waals surface area contributed by atoms with E-state index in [0.717, 1.165) is 18.8 Å². The Bertz CT molecular complexity index is 982. The first-order chi connectivity index (χ1) is 14.9. The summed E-state index contributed by atoms with van der Waals surface area (Å²) in [6.45, 7) is 2.99. The summed E-state index contributed by atoms with van der Waals surface area (Å²) in [5, 5.41) is 6.63. The molecule has 0 aliphatic carbocycles. The lowest BCUT2D eigenvalue weighted by Gasteiger charge is -2.43. The molecule has 2 aliphatic heterocycles. The molecule has 2 heterocycles. The van der Waals surface area contributed by atoms with E-state index >= 15 is 0 Å². The third-order valence-electron chi connectivity index (χ3n) is 6.05. The van der Waals surface area contributed by atoms with E-state index < -0.39 is 5.54 Å². The first-order valence-corrected chi connectivity index (χ1v) is 10.9. The van der Waals surface area contributed by atoms with Crippen LogP contribution in [0.25, 0.3) is 0 Å². The number of rotatable bonds is 5. The Labute approximate surface area is 202 Å². The van der Waals surface area contributed by atoms with Crippen molar-refractivity contribution in [3.05, 3.63) is 63.9 Å². The molecule has 2 amide bonds. The Morgan fingerprint density at radius 3 is 2.50 bits per heavy atom. The number of anilines is 1. The molecule has 2 aromatic carbocycles. The number of nitrogens with zero attached hydrogens (tertiary/aromatic N) is 2. The summed E-state index contributed by atoms with van der Waals surface area (Å²) in [5.74, 6) is -0.550. The maximum Gasteiger partial charge on any atom is 0.252 e. The van der Waals surface area contributed by atoms with E-state index in [9.17, 15) is 14.0 Å². The molecule has 6 nitrogen and oxygen atoms in total. The molecular weight excluding hydrogens is 478 g/mol. The van der Waals surface area contributed by atoms with Crippen LogP contribution in [0.15, 0.2) is 42.5 Å². The van der Waals surface area contributed by atoms with E-state index in [1.54, 1.807) is 30.3 Å². The van der Waals surface area contributed by atoms with Gasteiger partial charge >= 0.3 is 0 Å². The molecule has 2 fully saturated rings. The fourth-order valence-electron chi connectivity index (χ4n) is 4.29. The lowest BCUT2D eigenvalue weighted by atomic mass is 9.85. The fourth-order valence-corrected chi connectivity index (χ4v) is 4.66. The number of likely N-dealkylation sites (tertiary alicyclic amines) is 1. The molecule has 4 rings (SSSR count). The minimum atomic E-state index is -0.619. The van der Waals surface area contributed by atoms with Crippen LogP contribution in [-0.2, 0) is 4.79 Å². The number of halogens is 4. The van der Waals surface area contributed by atoms with Crippen molar-refractivity contribution in [2.45, 2.75) is 18.4 Å². The SMILES string of the molecule is Cl.O=C(NCCN1CCC2(CC1)C(=O)NCN2c1ccc(F)cc1)c1cc(Cl)ccc1Cl. The monoisotopic (exact) mass is 500 g/mol. The van der Waals surface area contributed by atoms with E-state index in [0.29, 0.717) is 48.2 Å². The molecule has 0 bridgehead atoms. The zero-order valence-corrected chi connectivity index (χ0v) is 19.6. The molecule has 0 saturated carbocycles. The van der Waals surface area contributed by atoms with Crippen molar-refractivity contribution < 1.29 is 14.0 Å². The first kappa shape index (κ1) is 24.6. The molecule has 0 unspecified atom stereocenters. The largest absolute Gasteiger partial charge is 0.351 e. The first-order valence-electron chi connectivity index (χ1n) is 10.2. The zero-order chi connectivity index (χ0) is 22.0. The van der Waals surface area contributed by atoms with Gasteiger partial charge in [-0.1, -0.05) is 23.2 Å². The molecule has 32 heavy (non-hydrogen) atoms. The van der Waals surface area contributed by atoms with Gasteiger partial charge in [0, 0.05) is 36.9 Å². The predicted molar refractivity (Wildman–Crippen MR) is 126 cm³/mol. The van der Waals surface area contributed by atoms with Crippen molar-refractivity contribution in [2.75, 3.05) is 37.7 Å². The van der Waals surface area contributed by atoms with E-state index in [1.807, 2.05) is 4.90 Å². The van der Waals surface area contributed by atoms with Crippen LogP contribution in [0, 0.1) is 5.82 Å². The Morgan fingerprint density at radius 1 is 1.12 bits per heavy atom. The second-order valence-electron chi connectivity index (χ2n) is 7.82. The number of amides is 2. The Balaban J connectivity index is 0.00000289. The smallest absolute Gasteiger partial charge is 0.252 e. The highest BCUT2D eigenvalue weighted by molar-refractivity contribution is 6.35. The summed E-state index contributed by atoms with van der Waals surface area (Å²) in [4.78, 5) is 29.3. The Kier molecular flexibility index (Phi) is 7.88. The summed E-state index contributed by atoms with van der Waals surface area (Å²) in [6.07, 6.45) is 1.31. The molecule has 2 aromatic rings. The average Bonchev–Trinajstić information content (AvgIpc) is 3.07. The number of hydrogen-bond acceptors (Lipinski definition) is 4. The summed E-state index contributed by atoms with van der Waals surface area (Å²) in [7, 11) is 0. The van der Waals surface area contributed by atoms with Crippen LogP contribution in [0.3, 0.4) is 0 Å².